The zero-order valence-corrected chi connectivity index (χ0v) is 21.1. The van der Waals surface area contributed by atoms with Crippen LogP contribution in [0.2, 0.25) is 0 Å². The third-order valence-corrected chi connectivity index (χ3v) is 6.61. The molecule has 1 amide bonds. The number of nitro benzene ring substituents is 1. The Bertz CT molecular complexity index is 928. The van der Waals surface area contributed by atoms with E-state index in [1.807, 2.05) is 0 Å². The molecule has 1 aromatic rings. The van der Waals surface area contributed by atoms with Crippen LogP contribution in [-0.2, 0) is 19.0 Å². The first-order valence-electron chi connectivity index (χ1n) is 10.9. The maximum atomic E-state index is 12.4. The molecule has 0 saturated carbocycles. The molecule has 1 aliphatic carbocycles. The van der Waals surface area contributed by atoms with E-state index in [9.17, 15) is 24.5 Å². The summed E-state index contributed by atoms with van der Waals surface area (Å²) in [7, 11) is 0.470. The highest BCUT2D eigenvalue weighted by atomic mass is 32.3. The van der Waals surface area contributed by atoms with Crippen molar-refractivity contribution in [3.8, 4) is 5.75 Å². The first-order chi connectivity index (χ1) is 16.5. The van der Waals surface area contributed by atoms with Crippen molar-refractivity contribution in [2.24, 2.45) is 5.92 Å². The second-order valence-corrected chi connectivity index (χ2v) is 13.4. The molecular weight excluding hydrogens is 480 g/mol. The quantitative estimate of drug-likeness (QED) is 0.137. The second-order valence-electron chi connectivity index (χ2n) is 8.81. The molecule has 0 heterocycles. The summed E-state index contributed by atoms with van der Waals surface area (Å²) in [6.07, 6.45) is 8.37. The van der Waals surface area contributed by atoms with Crippen molar-refractivity contribution in [2.75, 3.05) is 38.2 Å². The summed E-state index contributed by atoms with van der Waals surface area (Å²) in [4.78, 5) is 47.0. The number of nitro groups is 1. The van der Waals surface area contributed by atoms with Crippen LogP contribution in [0, 0.1) is 16.0 Å². The maximum Gasteiger partial charge on any atom is 0.514 e. The summed E-state index contributed by atoms with van der Waals surface area (Å²) in [6, 6.07) is 4.46. The van der Waals surface area contributed by atoms with Crippen molar-refractivity contribution < 1.29 is 38.3 Å². The van der Waals surface area contributed by atoms with E-state index in [0.29, 0.717) is 13.0 Å². The number of amides is 1. The Labute approximate surface area is 205 Å². The van der Waals surface area contributed by atoms with Crippen LogP contribution in [0.3, 0.4) is 0 Å². The molecule has 2 rings (SSSR count). The maximum absolute atomic E-state index is 12.4. The van der Waals surface area contributed by atoms with Crippen molar-refractivity contribution in [1.29, 1.82) is 0 Å². The van der Waals surface area contributed by atoms with Gasteiger partial charge >= 0.3 is 18.2 Å². The number of carbonyl (C=O) groups excluding carboxylic acids is 3. The molecule has 12 heteroatoms. The van der Waals surface area contributed by atoms with E-state index < -0.39 is 51.2 Å². The van der Waals surface area contributed by atoms with Gasteiger partial charge in [-0.25, -0.2) is 19.6 Å². The highest BCUT2D eigenvalue weighted by molar-refractivity contribution is 8.32. The lowest BCUT2D eigenvalue weighted by atomic mass is 9.88. The molecule has 3 atom stereocenters. The van der Waals surface area contributed by atoms with Crippen molar-refractivity contribution in [3.63, 3.8) is 0 Å². The van der Waals surface area contributed by atoms with Crippen molar-refractivity contribution in [1.82, 2.24) is 5.32 Å². The minimum Gasteiger partial charge on any atom is -0.469 e. The summed E-state index contributed by atoms with van der Waals surface area (Å²) in [5.74, 6) is -0.279. The van der Waals surface area contributed by atoms with Gasteiger partial charge in [0.25, 0.3) is 5.69 Å². The van der Waals surface area contributed by atoms with Gasteiger partial charge in [-0.15, -0.1) is 0 Å². The Kier molecular flexibility index (Phi) is 10.4. The van der Waals surface area contributed by atoms with E-state index in [1.165, 1.54) is 31.4 Å². The number of benzene rings is 1. The molecule has 0 spiro atoms. The predicted octanol–water partition coefficient (Wildman–Crippen LogP) is 3.80. The molecule has 1 aromatic carbocycles. The van der Waals surface area contributed by atoms with Crippen LogP contribution in [-0.4, -0.2) is 73.5 Å². The Morgan fingerprint density at radius 2 is 1.83 bits per heavy atom. The number of nitrogens with one attached hydrogen (secondary N) is 1. The molecule has 0 fully saturated rings. The monoisotopic (exact) mass is 512 g/mol. The zero-order chi connectivity index (χ0) is 26.0. The van der Waals surface area contributed by atoms with Gasteiger partial charge in [-0.05, 0) is 56.2 Å². The number of rotatable bonds is 8. The van der Waals surface area contributed by atoms with Crippen molar-refractivity contribution in [2.45, 2.75) is 31.4 Å². The van der Waals surface area contributed by atoms with Crippen LogP contribution >= 0.6 is 10.0 Å². The SMILES string of the molecule is COC(=O)[C@H]1CC[C@@H](OC(=O)Oc2ccc([N+](=O)[O-])cc2)/C=C/C[C@@H]1NC(=O)OCCS(C)(C)C. The highest BCUT2D eigenvalue weighted by Crippen LogP contribution is 2.33. The van der Waals surface area contributed by atoms with E-state index >= 15 is 0 Å². The summed E-state index contributed by atoms with van der Waals surface area (Å²) in [6.45, 7) is 0.295. The normalized spacial score (nSPS) is 21.4. The standard InChI is InChI=1S/C23H32N2O9S/c1-31-21(26)19-13-12-17(33-23(28)34-18-10-8-16(9-11-18)25(29)30)6-5-7-20(19)24-22(27)32-14-15-35(2,3)4/h5-6,8-11,17,19-20H,7,12-15H2,1-4H3,(H,24,27)/b6-5+/t17-,19-,20-/m0/s1. The molecule has 1 N–H and O–H groups in total. The number of esters is 1. The van der Waals surface area contributed by atoms with Gasteiger partial charge in [0.2, 0.25) is 0 Å². The van der Waals surface area contributed by atoms with Crippen LogP contribution in [0.25, 0.3) is 0 Å². The smallest absolute Gasteiger partial charge is 0.469 e. The van der Waals surface area contributed by atoms with Crippen LogP contribution < -0.4 is 10.1 Å². The third-order valence-electron chi connectivity index (χ3n) is 5.22. The number of hydrogen-bond donors (Lipinski definition) is 1. The molecule has 0 radical (unpaired) electrons. The number of alkyl carbamates (subject to hydrolysis) is 1. The average Bonchev–Trinajstić information content (AvgIpc) is 2.76. The first-order valence-corrected chi connectivity index (χ1v) is 14.0. The summed E-state index contributed by atoms with van der Waals surface area (Å²) < 4.78 is 20.6. The molecular formula is C23H32N2O9S. The molecule has 0 bridgehead atoms. The van der Waals surface area contributed by atoms with E-state index in [0.717, 1.165) is 5.75 Å². The number of ether oxygens (including phenoxy) is 4. The Hall–Kier alpha value is -3.28. The molecule has 0 saturated heterocycles. The molecule has 0 aliphatic heterocycles. The minimum absolute atomic E-state index is 0.0960. The number of nitrogens with zero attached hydrogens (tertiary/aromatic N) is 1. The Balaban J connectivity index is 1.96. The van der Waals surface area contributed by atoms with Crippen LogP contribution in [0.1, 0.15) is 19.3 Å². The van der Waals surface area contributed by atoms with E-state index in [1.54, 1.807) is 12.2 Å². The van der Waals surface area contributed by atoms with Crippen molar-refractivity contribution in [3.05, 3.63) is 46.5 Å². The number of methoxy groups -OCH3 is 1. The van der Waals surface area contributed by atoms with E-state index in [-0.39, 0.29) is 24.3 Å². The van der Waals surface area contributed by atoms with Gasteiger partial charge in [-0.1, -0.05) is 6.08 Å². The second kappa shape index (κ2) is 13.0. The largest absolute Gasteiger partial charge is 0.514 e. The summed E-state index contributed by atoms with van der Waals surface area (Å²) in [5.41, 5.74) is -0.134. The topological polar surface area (TPSA) is 143 Å². The van der Waals surface area contributed by atoms with Crippen LogP contribution in [0.5, 0.6) is 5.75 Å². The molecule has 194 valence electrons. The molecule has 35 heavy (non-hydrogen) atoms. The highest BCUT2D eigenvalue weighted by Gasteiger charge is 2.32. The van der Waals surface area contributed by atoms with Crippen LogP contribution in [0.15, 0.2) is 36.4 Å². The fourth-order valence-electron chi connectivity index (χ4n) is 3.33. The first kappa shape index (κ1) is 28.0. The zero-order valence-electron chi connectivity index (χ0n) is 20.3. The van der Waals surface area contributed by atoms with Gasteiger partial charge < -0.3 is 24.3 Å². The summed E-state index contributed by atoms with van der Waals surface area (Å²) >= 11 is 0. The van der Waals surface area contributed by atoms with Gasteiger partial charge in [0.1, 0.15) is 18.5 Å². The lowest BCUT2D eigenvalue weighted by molar-refractivity contribution is -0.384. The van der Waals surface area contributed by atoms with Gasteiger partial charge in [0, 0.05) is 23.9 Å². The lowest BCUT2D eigenvalue weighted by Crippen LogP contribution is -2.45. The van der Waals surface area contributed by atoms with E-state index in [2.05, 4.69) is 24.1 Å². The molecule has 11 nitrogen and oxygen atoms in total. The van der Waals surface area contributed by atoms with Gasteiger partial charge in [-0.3, -0.25) is 14.9 Å². The van der Waals surface area contributed by atoms with Gasteiger partial charge in [-0.2, -0.15) is 0 Å². The van der Waals surface area contributed by atoms with Crippen molar-refractivity contribution >= 4 is 33.9 Å². The molecule has 0 aromatic heterocycles. The average molecular weight is 513 g/mol. The fraction of sp³-hybridized carbons (Fsp3) is 0.522. The predicted molar refractivity (Wildman–Crippen MR) is 131 cm³/mol. The number of non-ortho nitro benzene ring substituents is 1. The number of hydrogen-bond acceptors (Lipinski definition) is 9. The van der Waals surface area contributed by atoms with E-state index in [4.69, 9.17) is 18.9 Å². The minimum atomic E-state index is -0.983. The molecule has 1 aliphatic rings. The Morgan fingerprint density at radius 3 is 2.43 bits per heavy atom. The lowest BCUT2D eigenvalue weighted by Gasteiger charge is -2.28. The molecule has 0 unspecified atom stereocenters. The Morgan fingerprint density at radius 1 is 1.14 bits per heavy atom. The van der Waals surface area contributed by atoms with Crippen LogP contribution in [0.4, 0.5) is 15.3 Å². The summed E-state index contributed by atoms with van der Waals surface area (Å²) in [5, 5.41) is 13.5. The third kappa shape index (κ3) is 9.85. The van der Waals surface area contributed by atoms with Gasteiger partial charge in [0.05, 0.1) is 18.0 Å². The number of carbonyl (C=O) groups is 3. The van der Waals surface area contributed by atoms with Gasteiger partial charge in [0.15, 0.2) is 0 Å². The fourth-order valence-corrected chi connectivity index (χ4v) is 3.91.